The zero-order chi connectivity index (χ0) is 19.6. The predicted molar refractivity (Wildman–Crippen MR) is 110 cm³/mol. The number of nitrogens with zero attached hydrogens (tertiary/aromatic N) is 2. The van der Waals surface area contributed by atoms with Crippen LogP contribution in [0.3, 0.4) is 0 Å². The fraction of sp³-hybridized carbons (Fsp3) is 0.158. The van der Waals surface area contributed by atoms with Crippen molar-refractivity contribution in [2.45, 2.75) is 30.6 Å². The highest BCUT2D eigenvalue weighted by Gasteiger charge is 2.17. The molecule has 0 aliphatic carbocycles. The molecule has 140 valence electrons. The quantitative estimate of drug-likeness (QED) is 0.498. The van der Waals surface area contributed by atoms with Crippen molar-refractivity contribution in [3.63, 3.8) is 0 Å². The lowest BCUT2D eigenvalue weighted by Crippen LogP contribution is -2.04. The minimum atomic E-state index is -3.54. The Labute approximate surface area is 162 Å². The second-order valence-corrected chi connectivity index (χ2v) is 8.91. The van der Waals surface area contributed by atoms with Gasteiger partial charge in [-0.2, -0.15) is 9.47 Å². The molecule has 1 heterocycles. The van der Waals surface area contributed by atoms with E-state index in [1.165, 1.54) is 11.5 Å². The van der Waals surface area contributed by atoms with E-state index >= 15 is 0 Å². The van der Waals surface area contributed by atoms with Crippen LogP contribution in [0.25, 0.3) is 0 Å². The first-order valence-corrected chi connectivity index (χ1v) is 10.5. The summed E-state index contributed by atoms with van der Waals surface area (Å²) in [5.41, 5.74) is 12.9. The molecule has 0 unspecified atom stereocenters. The Bertz CT molecular complexity index is 1060. The number of hydrogen-bond acceptors (Lipinski definition) is 7. The minimum Gasteiger partial charge on any atom is -0.389 e. The number of hydrazone groups is 1. The van der Waals surface area contributed by atoms with Crippen molar-refractivity contribution in [3.8, 4) is 0 Å². The monoisotopic (exact) mass is 400 g/mol. The summed E-state index contributed by atoms with van der Waals surface area (Å²) < 4.78 is 29.6. The van der Waals surface area contributed by atoms with Crippen molar-refractivity contribution in [3.05, 3.63) is 65.4 Å². The molecular formula is C19H20N4O2S2. The number of benzene rings is 2. The number of nitrogens with two attached hydrogens (primary N) is 1. The molecule has 0 aliphatic heterocycles. The molecule has 6 nitrogen and oxygen atoms in total. The zero-order valence-corrected chi connectivity index (χ0v) is 16.9. The lowest BCUT2D eigenvalue weighted by Gasteiger charge is -2.07. The molecule has 3 aromatic rings. The molecule has 0 atom stereocenters. The zero-order valence-electron chi connectivity index (χ0n) is 15.2. The molecule has 0 radical (unpaired) electrons. The van der Waals surface area contributed by atoms with Gasteiger partial charge >= 0.3 is 0 Å². The highest BCUT2D eigenvalue weighted by Crippen LogP contribution is 2.24. The molecule has 27 heavy (non-hydrogen) atoms. The first kappa shape index (κ1) is 19.1. The highest BCUT2D eigenvalue weighted by molar-refractivity contribution is 7.91. The number of aryl methyl sites for hydroxylation is 2. The van der Waals surface area contributed by atoms with E-state index in [9.17, 15) is 8.42 Å². The van der Waals surface area contributed by atoms with Crippen molar-refractivity contribution in [2.75, 3.05) is 11.2 Å². The minimum absolute atomic E-state index is 0.236. The fourth-order valence-electron chi connectivity index (χ4n) is 2.59. The Morgan fingerprint density at radius 1 is 1.04 bits per heavy atom. The summed E-state index contributed by atoms with van der Waals surface area (Å²) in [7, 11) is -3.54. The van der Waals surface area contributed by atoms with Crippen molar-refractivity contribution in [1.82, 2.24) is 4.37 Å². The van der Waals surface area contributed by atoms with Crippen LogP contribution in [0.2, 0.25) is 0 Å². The topological polar surface area (TPSA) is 97.4 Å². The lowest BCUT2D eigenvalue weighted by atomic mass is 10.2. The van der Waals surface area contributed by atoms with Crippen molar-refractivity contribution in [2.24, 2.45) is 5.10 Å². The van der Waals surface area contributed by atoms with Crippen LogP contribution in [-0.2, 0) is 9.84 Å². The van der Waals surface area contributed by atoms with Crippen LogP contribution < -0.4 is 11.2 Å². The number of hydrogen-bond donors (Lipinski definition) is 2. The maximum Gasteiger partial charge on any atom is 0.206 e. The van der Waals surface area contributed by atoms with E-state index in [1.807, 2.05) is 20.8 Å². The van der Waals surface area contributed by atoms with Crippen molar-refractivity contribution < 1.29 is 8.42 Å². The molecule has 0 amide bonds. The summed E-state index contributed by atoms with van der Waals surface area (Å²) in [6, 6.07) is 13.3. The van der Waals surface area contributed by atoms with E-state index in [1.54, 1.807) is 48.5 Å². The van der Waals surface area contributed by atoms with Gasteiger partial charge in [0.1, 0.15) is 5.00 Å². The average Bonchev–Trinajstić information content (AvgIpc) is 2.99. The number of sulfone groups is 1. The molecular weight excluding hydrogens is 380 g/mol. The average molecular weight is 401 g/mol. The van der Waals surface area contributed by atoms with Gasteiger partial charge in [0.25, 0.3) is 0 Å². The summed E-state index contributed by atoms with van der Waals surface area (Å²) in [6.45, 7) is 5.64. The number of nitrogen functional groups attached to an aromatic ring is 1. The van der Waals surface area contributed by atoms with Crippen LogP contribution in [0.4, 0.5) is 10.7 Å². The van der Waals surface area contributed by atoms with Gasteiger partial charge in [-0.3, -0.25) is 5.43 Å². The van der Waals surface area contributed by atoms with E-state index < -0.39 is 9.84 Å². The van der Waals surface area contributed by atoms with E-state index in [0.717, 1.165) is 22.5 Å². The predicted octanol–water partition coefficient (Wildman–Crippen LogP) is 4.01. The third-order valence-electron chi connectivity index (χ3n) is 4.10. The van der Waals surface area contributed by atoms with Crippen LogP contribution >= 0.6 is 11.5 Å². The van der Waals surface area contributed by atoms with Gasteiger partial charge in [-0.05, 0) is 68.7 Å². The standard InChI is InChI=1S/C19H20N4O2S2/c1-12-4-8-16(9-5-12)27(24,25)17-10-6-15(7-11-17)22-21-13(2)18-14(3)23-26-19(18)20/h4-11,22H,20H2,1-3H3/b21-13-. The third-order valence-corrected chi connectivity index (χ3v) is 6.65. The fourth-order valence-corrected chi connectivity index (χ4v) is 4.57. The van der Waals surface area contributed by atoms with Gasteiger partial charge in [-0.25, -0.2) is 8.42 Å². The molecule has 0 saturated carbocycles. The maximum absolute atomic E-state index is 12.7. The maximum atomic E-state index is 12.7. The lowest BCUT2D eigenvalue weighted by molar-refractivity contribution is 0.596. The van der Waals surface area contributed by atoms with Gasteiger partial charge in [0.05, 0.1) is 32.4 Å². The van der Waals surface area contributed by atoms with Crippen molar-refractivity contribution in [1.29, 1.82) is 0 Å². The summed E-state index contributed by atoms with van der Waals surface area (Å²) in [5, 5.41) is 4.94. The Balaban J connectivity index is 1.79. The van der Waals surface area contributed by atoms with E-state index in [0.29, 0.717) is 10.7 Å². The van der Waals surface area contributed by atoms with Gasteiger partial charge < -0.3 is 5.73 Å². The second-order valence-electron chi connectivity index (χ2n) is 6.16. The van der Waals surface area contributed by atoms with Gasteiger partial charge in [0, 0.05) is 0 Å². The summed E-state index contributed by atoms with van der Waals surface area (Å²) in [6.07, 6.45) is 0. The molecule has 0 saturated heterocycles. The van der Waals surface area contributed by atoms with E-state index in [4.69, 9.17) is 5.73 Å². The van der Waals surface area contributed by atoms with Crippen LogP contribution in [0, 0.1) is 13.8 Å². The van der Waals surface area contributed by atoms with Gasteiger partial charge in [-0.15, -0.1) is 0 Å². The molecule has 0 aliphatic rings. The molecule has 0 bridgehead atoms. The van der Waals surface area contributed by atoms with Crippen LogP contribution in [0.15, 0.2) is 63.4 Å². The van der Waals surface area contributed by atoms with E-state index in [-0.39, 0.29) is 9.79 Å². The molecule has 3 N–H and O–H groups in total. The van der Waals surface area contributed by atoms with Crippen LogP contribution in [0.5, 0.6) is 0 Å². The summed E-state index contributed by atoms with van der Waals surface area (Å²) in [4.78, 5) is 0.512. The second kappa shape index (κ2) is 7.50. The Morgan fingerprint density at radius 3 is 2.11 bits per heavy atom. The molecule has 2 aromatic carbocycles. The Kier molecular flexibility index (Phi) is 5.29. The first-order chi connectivity index (χ1) is 12.8. The van der Waals surface area contributed by atoms with Crippen molar-refractivity contribution >= 4 is 37.8 Å². The smallest absolute Gasteiger partial charge is 0.206 e. The normalized spacial score (nSPS) is 12.2. The number of nitrogens with one attached hydrogen (secondary N) is 1. The number of aromatic nitrogens is 1. The molecule has 3 rings (SSSR count). The third kappa shape index (κ3) is 4.01. The highest BCUT2D eigenvalue weighted by atomic mass is 32.2. The van der Waals surface area contributed by atoms with Gasteiger partial charge in [-0.1, -0.05) is 17.7 Å². The summed E-state index contributed by atoms with van der Waals surface area (Å²) >= 11 is 1.24. The van der Waals surface area contributed by atoms with E-state index in [2.05, 4.69) is 14.9 Å². The number of anilines is 2. The Morgan fingerprint density at radius 2 is 1.59 bits per heavy atom. The van der Waals surface area contributed by atoms with Crippen LogP contribution in [0.1, 0.15) is 23.7 Å². The van der Waals surface area contributed by atoms with Crippen LogP contribution in [-0.4, -0.2) is 18.5 Å². The molecule has 0 spiro atoms. The Hall–Kier alpha value is -2.71. The number of rotatable bonds is 5. The molecule has 1 aromatic heterocycles. The van der Waals surface area contributed by atoms with Gasteiger partial charge in [0.15, 0.2) is 0 Å². The van der Waals surface area contributed by atoms with Gasteiger partial charge in [0.2, 0.25) is 9.84 Å². The first-order valence-electron chi connectivity index (χ1n) is 8.23. The summed E-state index contributed by atoms with van der Waals surface area (Å²) in [5.74, 6) is 0. The SMILES string of the molecule is C/C(=N/Nc1ccc(S(=O)(=O)c2ccc(C)cc2)cc1)c1c(C)nsc1N. The largest absolute Gasteiger partial charge is 0.389 e. The molecule has 8 heteroatoms. The molecule has 0 fully saturated rings.